The standard InChI is InChI=1S/C11H5BClNO/c12-11-9-6-3-1-2-4-8(6)15-10(9)7(13)5-14-11/h1-5H. The van der Waals surface area contributed by atoms with E-state index in [1.54, 1.807) is 0 Å². The van der Waals surface area contributed by atoms with Crippen LogP contribution in [0.3, 0.4) is 0 Å². The van der Waals surface area contributed by atoms with Crippen LogP contribution in [-0.2, 0) is 0 Å². The first kappa shape index (κ1) is 8.80. The molecule has 0 spiro atoms. The molecule has 0 saturated carbocycles. The van der Waals surface area contributed by atoms with Crippen molar-refractivity contribution in [2.45, 2.75) is 0 Å². The molecule has 2 nitrogen and oxygen atoms in total. The van der Waals surface area contributed by atoms with Crippen LogP contribution >= 0.6 is 11.6 Å². The largest absolute Gasteiger partial charge is 0.454 e. The second kappa shape index (κ2) is 3.01. The lowest BCUT2D eigenvalue weighted by atomic mass is 9.98. The second-order valence-corrected chi connectivity index (χ2v) is 3.70. The van der Waals surface area contributed by atoms with Crippen LogP contribution in [0.15, 0.2) is 34.9 Å². The Morgan fingerprint density at radius 2 is 2.07 bits per heavy atom. The van der Waals surface area contributed by atoms with E-state index < -0.39 is 0 Å². The van der Waals surface area contributed by atoms with Crippen molar-refractivity contribution in [3.8, 4) is 0 Å². The zero-order valence-electron chi connectivity index (χ0n) is 7.70. The number of hydrogen-bond acceptors (Lipinski definition) is 2. The summed E-state index contributed by atoms with van der Waals surface area (Å²) in [5.41, 5.74) is 1.82. The molecule has 0 aliphatic rings. The van der Waals surface area contributed by atoms with Gasteiger partial charge in [-0.05, 0) is 11.7 Å². The van der Waals surface area contributed by atoms with Gasteiger partial charge in [0.1, 0.15) is 18.5 Å². The predicted octanol–water partition coefficient (Wildman–Crippen LogP) is 2.43. The molecule has 0 atom stereocenters. The topological polar surface area (TPSA) is 26.0 Å². The SMILES string of the molecule is [B]c1ncc(Cl)c2oc3ccccc3c12. The van der Waals surface area contributed by atoms with E-state index in [2.05, 4.69) is 4.98 Å². The molecular weight excluding hydrogens is 208 g/mol. The van der Waals surface area contributed by atoms with E-state index >= 15 is 0 Å². The fourth-order valence-electron chi connectivity index (χ4n) is 1.72. The Labute approximate surface area is 92.3 Å². The number of para-hydroxylation sites is 1. The summed E-state index contributed by atoms with van der Waals surface area (Å²) in [6, 6.07) is 7.65. The number of rotatable bonds is 0. The summed E-state index contributed by atoms with van der Waals surface area (Å²) in [6.07, 6.45) is 1.50. The van der Waals surface area contributed by atoms with Crippen molar-refractivity contribution >= 4 is 47.0 Å². The fourth-order valence-corrected chi connectivity index (χ4v) is 1.90. The monoisotopic (exact) mass is 213 g/mol. The lowest BCUT2D eigenvalue weighted by Gasteiger charge is -1.96. The van der Waals surface area contributed by atoms with Gasteiger partial charge in [0, 0.05) is 17.0 Å². The third-order valence-electron chi connectivity index (χ3n) is 2.39. The summed E-state index contributed by atoms with van der Waals surface area (Å²) in [4.78, 5) is 4.02. The van der Waals surface area contributed by atoms with E-state index in [1.807, 2.05) is 24.3 Å². The van der Waals surface area contributed by atoms with Crippen molar-refractivity contribution in [1.82, 2.24) is 4.98 Å². The minimum Gasteiger partial charge on any atom is -0.454 e. The van der Waals surface area contributed by atoms with Gasteiger partial charge in [0.05, 0.1) is 0 Å². The van der Waals surface area contributed by atoms with Crippen molar-refractivity contribution in [2.24, 2.45) is 0 Å². The maximum Gasteiger partial charge on any atom is 0.156 e. The normalized spacial score (nSPS) is 11.3. The molecule has 0 saturated heterocycles. The van der Waals surface area contributed by atoms with Crippen molar-refractivity contribution in [3.63, 3.8) is 0 Å². The van der Waals surface area contributed by atoms with Crippen molar-refractivity contribution in [1.29, 1.82) is 0 Å². The van der Waals surface area contributed by atoms with Gasteiger partial charge >= 0.3 is 0 Å². The molecule has 0 aliphatic carbocycles. The van der Waals surface area contributed by atoms with Crippen molar-refractivity contribution in [3.05, 3.63) is 35.5 Å². The molecule has 3 aromatic rings. The van der Waals surface area contributed by atoms with Gasteiger partial charge in [-0.1, -0.05) is 29.8 Å². The maximum atomic E-state index is 5.99. The molecule has 4 heteroatoms. The Kier molecular flexibility index (Phi) is 1.76. The molecule has 2 heterocycles. The van der Waals surface area contributed by atoms with E-state index in [-0.39, 0.29) is 0 Å². The zero-order valence-corrected chi connectivity index (χ0v) is 8.45. The average Bonchev–Trinajstić information content (AvgIpc) is 2.64. The molecule has 15 heavy (non-hydrogen) atoms. The van der Waals surface area contributed by atoms with Crippen LogP contribution in [0.2, 0.25) is 5.02 Å². The van der Waals surface area contributed by atoms with Gasteiger partial charge in [-0.25, -0.2) is 0 Å². The van der Waals surface area contributed by atoms with Crippen LogP contribution in [0, 0.1) is 0 Å². The minimum absolute atomic E-state index is 0.444. The highest BCUT2D eigenvalue weighted by Gasteiger charge is 2.11. The smallest absolute Gasteiger partial charge is 0.156 e. The molecule has 70 valence electrons. The van der Waals surface area contributed by atoms with Gasteiger partial charge in [-0.15, -0.1) is 0 Å². The van der Waals surface area contributed by atoms with Gasteiger partial charge < -0.3 is 4.42 Å². The first-order valence-electron chi connectivity index (χ1n) is 4.48. The number of aromatic nitrogens is 1. The number of pyridine rings is 1. The van der Waals surface area contributed by atoms with Crippen LogP contribution < -0.4 is 5.59 Å². The predicted molar refractivity (Wildman–Crippen MR) is 61.9 cm³/mol. The molecule has 0 unspecified atom stereocenters. The summed E-state index contributed by atoms with van der Waals surface area (Å²) in [6.45, 7) is 0. The van der Waals surface area contributed by atoms with Gasteiger partial charge in [0.15, 0.2) is 5.58 Å². The van der Waals surface area contributed by atoms with E-state index in [9.17, 15) is 0 Å². The van der Waals surface area contributed by atoms with E-state index in [0.29, 0.717) is 16.2 Å². The molecule has 3 rings (SSSR count). The number of nitrogens with zero attached hydrogens (tertiary/aromatic N) is 1. The second-order valence-electron chi connectivity index (χ2n) is 3.29. The zero-order chi connectivity index (χ0) is 10.4. The third-order valence-corrected chi connectivity index (χ3v) is 2.65. The Bertz CT molecular complexity index is 662. The molecule has 0 aliphatic heterocycles. The lowest BCUT2D eigenvalue weighted by molar-refractivity contribution is 0.669. The molecule has 0 N–H and O–H groups in total. The van der Waals surface area contributed by atoms with E-state index in [0.717, 1.165) is 16.4 Å². The Morgan fingerprint density at radius 1 is 1.27 bits per heavy atom. The van der Waals surface area contributed by atoms with Crippen molar-refractivity contribution in [2.75, 3.05) is 0 Å². The molecule has 2 radical (unpaired) electrons. The highest BCUT2D eigenvalue weighted by molar-refractivity contribution is 6.43. The molecule has 1 aromatic carbocycles. The summed E-state index contributed by atoms with van der Waals surface area (Å²) in [5.74, 6) is 0. The first-order chi connectivity index (χ1) is 7.27. The summed E-state index contributed by atoms with van der Waals surface area (Å²) < 4.78 is 5.61. The van der Waals surface area contributed by atoms with Gasteiger partial charge in [0.2, 0.25) is 0 Å². The van der Waals surface area contributed by atoms with Crippen LogP contribution in [-0.4, -0.2) is 12.8 Å². The van der Waals surface area contributed by atoms with Gasteiger partial charge in [0.25, 0.3) is 0 Å². The van der Waals surface area contributed by atoms with Crippen LogP contribution in [0.5, 0.6) is 0 Å². The number of hydrogen-bond donors (Lipinski definition) is 0. The molecular formula is C11H5BClNO. The third kappa shape index (κ3) is 1.16. The number of benzene rings is 1. The van der Waals surface area contributed by atoms with E-state index in [1.165, 1.54) is 6.20 Å². The number of halogens is 1. The number of fused-ring (bicyclic) bond motifs is 3. The minimum atomic E-state index is 0.444. The highest BCUT2D eigenvalue weighted by Crippen LogP contribution is 2.30. The summed E-state index contributed by atoms with van der Waals surface area (Å²) in [5, 5.41) is 2.22. The van der Waals surface area contributed by atoms with Gasteiger partial charge in [-0.2, -0.15) is 0 Å². The van der Waals surface area contributed by atoms with Crippen LogP contribution in [0.4, 0.5) is 0 Å². The number of furan rings is 1. The van der Waals surface area contributed by atoms with Crippen molar-refractivity contribution < 1.29 is 4.42 Å². The average molecular weight is 213 g/mol. The Balaban J connectivity index is 2.66. The Morgan fingerprint density at radius 3 is 2.93 bits per heavy atom. The molecule has 0 bridgehead atoms. The summed E-state index contributed by atoms with van der Waals surface area (Å²) in [7, 11) is 5.81. The maximum absolute atomic E-state index is 5.99. The Hall–Kier alpha value is -1.48. The van der Waals surface area contributed by atoms with Gasteiger partial charge in [-0.3, -0.25) is 4.98 Å². The van der Waals surface area contributed by atoms with Crippen LogP contribution in [0.1, 0.15) is 0 Å². The quantitative estimate of drug-likeness (QED) is 0.536. The molecule has 0 amide bonds. The van der Waals surface area contributed by atoms with E-state index in [4.69, 9.17) is 23.9 Å². The summed E-state index contributed by atoms with van der Waals surface area (Å²) >= 11 is 5.99. The highest BCUT2D eigenvalue weighted by atomic mass is 35.5. The first-order valence-corrected chi connectivity index (χ1v) is 4.86. The lowest BCUT2D eigenvalue weighted by Crippen LogP contribution is -2.07. The molecule has 2 aromatic heterocycles. The fraction of sp³-hybridized carbons (Fsp3) is 0. The molecule has 0 fully saturated rings. The van der Waals surface area contributed by atoms with Crippen LogP contribution in [0.25, 0.3) is 21.9 Å².